The maximum Gasteiger partial charge on any atom is 0.573 e. The van der Waals surface area contributed by atoms with E-state index in [0.717, 1.165) is 97.7 Å². The number of hydrogen-bond acceptors (Lipinski definition) is 6. The highest BCUT2D eigenvalue weighted by Crippen LogP contribution is 2.37. The molecule has 7 nitrogen and oxygen atoms in total. The summed E-state index contributed by atoms with van der Waals surface area (Å²) >= 11 is 0. The van der Waals surface area contributed by atoms with Crippen molar-refractivity contribution in [1.82, 2.24) is 14.4 Å². The fourth-order valence-corrected chi connectivity index (χ4v) is 6.09. The molecule has 1 saturated heterocycles. The monoisotopic (exact) mass is 594 g/mol. The van der Waals surface area contributed by atoms with Crippen molar-refractivity contribution >= 4 is 10.9 Å². The van der Waals surface area contributed by atoms with Gasteiger partial charge in [-0.25, -0.2) is 0 Å². The van der Waals surface area contributed by atoms with E-state index in [9.17, 15) is 13.2 Å². The molecular weight excluding hydrogens is 557 g/mol. The second-order valence-corrected chi connectivity index (χ2v) is 11.2. The molecule has 0 amide bonds. The zero-order valence-corrected chi connectivity index (χ0v) is 24.3. The molecule has 4 aromatic rings. The molecule has 0 unspecified atom stereocenters. The molecule has 3 heterocycles. The third-order valence-corrected chi connectivity index (χ3v) is 8.26. The van der Waals surface area contributed by atoms with Crippen LogP contribution in [0.15, 0.2) is 60.8 Å². The summed E-state index contributed by atoms with van der Waals surface area (Å²) < 4.78 is 56.2. The van der Waals surface area contributed by atoms with Gasteiger partial charge in [0.2, 0.25) is 6.79 Å². The molecule has 0 radical (unpaired) electrons. The number of nitrogens with two attached hydrogens (primary N) is 1. The molecule has 6 rings (SSSR count). The molecule has 10 heteroatoms. The van der Waals surface area contributed by atoms with Crippen LogP contribution in [0, 0.1) is 0 Å². The fourth-order valence-electron chi connectivity index (χ4n) is 6.09. The molecule has 1 aromatic heterocycles. The number of ether oxygens (including phenoxy) is 3. The first-order chi connectivity index (χ1) is 20.8. The fraction of sp³-hybridized carbons (Fsp3) is 0.394. The first kappa shape index (κ1) is 29.3. The summed E-state index contributed by atoms with van der Waals surface area (Å²) in [5.41, 5.74) is 11.9. The molecule has 1 fully saturated rings. The van der Waals surface area contributed by atoms with E-state index in [0.29, 0.717) is 5.56 Å². The Morgan fingerprint density at radius 1 is 0.884 bits per heavy atom. The van der Waals surface area contributed by atoms with Gasteiger partial charge in [0.05, 0.1) is 0 Å². The Hall–Kier alpha value is -3.73. The van der Waals surface area contributed by atoms with E-state index in [4.69, 9.17) is 15.2 Å². The van der Waals surface area contributed by atoms with Gasteiger partial charge in [0.25, 0.3) is 0 Å². The Morgan fingerprint density at radius 2 is 1.67 bits per heavy atom. The first-order valence-corrected chi connectivity index (χ1v) is 14.8. The summed E-state index contributed by atoms with van der Waals surface area (Å²) in [5, 5.41) is 1.08. The van der Waals surface area contributed by atoms with Gasteiger partial charge in [0, 0.05) is 80.6 Å². The molecule has 2 aliphatic rings. The lowest BCUT2D eigenvalue weighted by atomic mass is 9.98. The van der Waals surface area contributed by atoms with E-state index in [2.05, 4.69) is 56.5 Å². The average molecular weight is 595 g/mol. The minimum absolute atomic E-state index is 0.0981. The summed E-state index contributed by atoms with van der Waals surface area (Å²) in [6.45, 7) is 8.86. The van der Waals surface area contributed by atoms with Gasteiger partial charge < -0.3 is 24.5 Å². The Labute approximate surface area is 249 Å². The normalized spacial score (nSPS) is 15.8. The van der Waals surface area contributed by atoms with E-state index in [1.807, 2.05) is 12.1 Å². The van der Waals surface area contributed by atoms with Crippen molar-refractivity contribution in [1.29, 1.82) is 0 Å². The van der Waals surface area contributed by atoms with E-state index in [1.165, 1.54) is 17.7 Å². The predicted octanol–water partition coefficient (Wildman–Crippen LogP) is 6.51. The first-order valence-electron chi connectivity index (χ1n) is 14.8. The Bertz CT molecular complexity index is 1580. The van der Waals surface area contributed by atoms with Crippen molar-refractivity contribution < 1.29 is 27.4 Å². The van der Waals surface area contributed by atoms with Gasteiger partial charge in [-0.2, -0.15) is 0 Å². The van der Waals surface area contributed by atoms with Gasteiger partial charge in [0.1, 0.15) is 5.75 Å². The largest absolute Gasteiger partial charge is 0.573 e. The molecule has 43 heavy (non-hydrogen) atoms. The lowest BCUT2D eigenvalue weighted by molar-refractivity contribution is -0.274. The summed E-state index contributed by atoms with van der Waals surface area (Å²) in [6, 6.07) is 17.1. The highest BCUT2D eigenvalue weighted by atomic mass is 19.4. The zero-order chi connectivity index (χ0) is 30.0. The number of halogens is 3. The van der Waals surface area contributed by atoms with Crippen LogP contribution in [-0.2, 0) is 26.2 Å². The number of alkyl halides is 3. The molecule has 0 saturated carbocycles. The van der Waals surface area contributed by atoms with Gasteiger partial charge in [-0.15, -0.1) is 13.2 Å². The summed E-state index contributed by atoms with van der Waals surface area (Å²) in [7, 11) is 0. The third kappa shape index (κ3) is 6.61. The number of hydrogen-bond donors (Lipinski definition) is 1. The van der Waals surface area contributed by atoms with Crippen molar-refractivity contribution in [3.8, 4) is 28.4 Å². The van der Waals surface area contributed by atoms with Gasteiger partial charge in [-0.05, 0) is 53.4 Å². The third-order valence-electron chi connectivity index (χ3n) is 8.26. The van der Waals surface area contributed by atoms with E-state index in [-0.39, 0.29) is 19.1 Å². The van der Waals surface area contributed by atoms with Crippen molar-refractivity contribution in [2.24, 2.45) is 5.73 Å². The molecule has 2 N–H and O–H groups in total. The number of para-hydroxylation sites is 1. The van der Waals surface area contributed by atoms with Gasteiger partial charge in [-0.3, -0.25) is 9.80 Å². The van der Waals surface area contributed by atoms with Crippen LogP contribution in [0.2, 0.25) is 0 Å². The molecular formula is C33H37F3N4O3. The van der Waals surface area contributed by atoms with Crippen LogP contribution in [-0.4, -0.2) is 53.7 Å². The smallest absolute Gasteiger partial charge is 0.454 e. The summed E-state index contributed by atoms with van der Waals surface area (Å²) in [5.74, 6) is 1.42. The van der Waals surface area contributed by atoms with Crippen LogP contribution in [0.1, 0.15) is 36.5 Å². The second kappa shape index (κ2) is 12.5. The van der Waals surface area contributed by atoms with Crippen LogP contribution in [0.25, 0.3) is 22.0 Å². The molecule has 228 valence electrons. The molecule has 0 bridgehead atoms. The Balaban J connectivity index is 1.20. The maximum atomic E-state index is 12.9. The minimum atomic E-state index is -4.76. The number of benzene rings is 3. The molecule has 0 atom stereocenters. The average Bonchev–Trinajstić information content (AvgIpc) is 3.61. The van der Waals surface area contributed by atoms with Crippen LogP contribution < -0.4 is 19.9 Å². The highest BCUT2D eigenvalue weighted by molar-refractivity contribution is 5.97. The van der Waals surface area contributed by atoms with Crippen LogP contribution >= 0.6 is 0 Å². The van der Waals surface area contributed by atoms with Crippen molar-refractivity contribution in [3.63, 3.8) is 0 Å². The van der Waals surface area contributed by atoms with Crippen LogP contribution in [0.4, 0.5) is 13.2 Å². The summed E-state index contributed by atoms with van der Waals surface area (Å²) in [6.07, 6.45) is -0.557. The molecule has 0 spiro atoms. The zero-order valence-electron chi connectivity index (χ0n) is 24.3. The number of piperazine rings is 1. The second-order valence-electron chi connectivity index (χ2n) is 11.2. The SMILES string of the molecule is CCCCn1cc(-c2ccc(OC(F)(F)F)cc2CN)c2cc(CN3CCN(Cc4cccc5c4OCO5)CC3)ccc21. The lowest BCUT2D eigenvalue weighted by Crippen LogP contribution is -2.45. The van der Waals surface area contributed by atoms with Gasteiger partial charge in [0.15, 0.2) is 11.5 Å². The minimum Gasteiger partial charge on any atom is -0.454 e. The quantitative estimate of drug-likeness (QED) is 0.226. The van der Waals surface area contributed by atoms with E-state index in [1.54, 1.807) is 6.07 Å². The van der Waals surface area contributed by atoms with E-state index < -0.39 is 6.36 Å². The Morgan fingerprint density at radius 3 is 2.42 bits per heavy atom. The molecule has 0 aliphatic carbocycles. The number of aryl methyl sites for hydroxylation is 1. The van der Waals surface area contributed by atoms with Crippen LogP contribution in [0.5, 0.6) is 17.2 Å². The number of fused-ring (bicyclic) bond motifs is 2. The topological polar surface area (TPSA) is 65.1 Å². The van der Waals surface area contributed by atoms with Crippen molar-refractivity contribution in [3.05, 3.63) is 77.5 Å². The number of unbranched alkanes of at least 4 members (excludes halogenated alkanes) is 1. The van der Waals surface area contributed by atoms with Gasteiger partial charge >= 0.3 is 6.36 Å². The van der Waals surface area contributed by atoms with E-state index >= 15 is 0 Å². The maximum absolute atomic E-state index is 12.9. The standard InChI is InChI=1S/C33H37F3N4O3/c1-2-3-11-40-21-29(27-9-8-26(17-25(27)18-37)43-33(34,35)36)28-16-23(7-10-30(28)40)19-38-12-14-39(15-13-38)20-24-5-4-6-31-32(24)42-22-41-31/h4-10,16-17,21H,2-3,11-15,18-20,22,37H2,1H3. The summed E-state index contributed by atoms with van der Waals surface area (Å²) in [4.78, 5) is 4.92. The number of aromatic nitrogens is 1. The van der Waals surface area contributed by atoms with Crippen LogP contribution in [0.3, 0.4) is 0 Å². The van der Waals surface area contributed by atoms with Gasteiger partial charge in [-0.1, -0.05) is 37.6 Å². The number of rotatable bonds is 10. The predicted molar refractivity (Wildman–Crippen MR) is 160 cm³/mol. The van der Waals surface area contributed by atoms with Crippen molar-refractivity contribution in [2.45, 2.75) is 52.3 Å². The highest BCUT2D eigenvalue weighted by Gasteiger charge is 2.31. The molecule has 2 aliphatic heterocycles. The molecule has 3 aromatic carbocycles. The number of nitrogens with zero attached hydrogens (tertiary/aromatic N) is 3. The lowest BCUT2D eigenvalue weighted by Gasteiger charge is -2.34. The Kier molecular flexibility index (Phi) is 8.52. The van der Waals surface area contributed by atoms with Crippen molar-refractivity contribution in [2.75, 3.05) is 33.0 Å².